The fourth-order valence-corrected chi connectivity index (χ4v) is 4.21. The number of anilines is 1. The third kappa shape index (κ3) is 5.11. The van der Waals surface area contributed by atoms with E-state index in [1.165, 1.54) is 0 Å². The molecule has 1 atom stereocenters. The molecule has 1 fully saturated rings. The van der Waals surface area contributed by atoms with E-state index < -0.39 is 0 Å². The second-order valence-electron chi connectivity index (χ2n) is 7.19. The fraction of sp³-hybridized carbons (Fsp3) is 0.364. The molecular formula is C22H27N5O3S. The Bertz CT molecular complexity index is 996. The molecule has 8 nitrogen and oxygen atoms in total. The van der Waals surface area contributed by atoms with Crippen molar-refractivity contribution in [2.75, 3.05) is 39.3 Å². The Balaban J connectivity index is 1.32. The van der Waals surface area contributed by atoms with Gasteiger partial charge in [0, 0.05) is 50.1 Å². The van der Waals surface area contributed by atoms with E-state index in [0.717, 1.165) is 53.2 Å². The molecule has 4 rings (SSSR count). The molecule has 9 heteroatoms. The summed E-state index contributed by atoms with van der Waals surface area (Å²) in [6.07, 6.45) is 2.69. The number of aromatic nitrogens is 1. The van der Waals surface area contributed by atoms with Gasteiger partial charge in [0.25, 0.3) is 0 Å². The smallest absolute Gasteiger partial charge is 0.236 e. The minimum atomic E-state index is 0.280. The van der Waals surface area contributed by atoms with Crippen LogP contribution in [0.2, 0.25) is 0 Å². The first-order valence-corrected chi connectivity index (χ1v) is 11.0. The van der Waals surface area contributed by atoms with Crippen molar-refractivity contribution in [3.63, 3.8) is 0 Å². The maximum atomic E-state index is 5.58. The summed E-state index contributed by atoms with van der Waals surface area (Å²) in [5.41, 5.74) is 1.93. The quantitative estimate of drug-likeness (QED) is 0.430. The van der Waals surface area contributed by atoms with Gasteiger partial charge in [-0.15, -0.1) is 11.3 Å². The van der Waals surface area contributed by atoms with Crippen LogP contribution < -0.4 is 25.0 Å². The van der Waals surface area contributed by atoms with Crippen molar-refractivity contribution in [3.8, 4) is 22.3 Å². The van der Waals surface area contributed by atoms with Crippen LogP contribution in [0, 0.1) is 0 Å². The van der Waals surface area contributed by atoms with Crippen LogP contribution in [0.15, 0.2) is 51.4 Å². The highest BCUT2D eigenvalue weighted by atomic mass is 32.1. The standard InChI is InChI=1S/C22H27N5O3S/c1-23-22(24-12-16-14-30-21(25-16)20-5-4-8-31-20)26-15-6-7-27(13-15)17-9-18(28-2)11-19(10-17)29-3/h4-5,8-11,14-15H,6-7,12-13H2,1-3H3,(H2,23,24,26). The maximum absolute atomic E-state index is 5.58. The molecule has 1 aliphatic rings. The number of thiophene rings is 1. The van der Waals surface area contributed by atoms with Crippen LogP contribution in [0.3, 0.4) is 0 Å². The second kappa shape index (κ2) is 9.74. The molecule has 1 aromatic carbocycles. The van der Waals surface area contributed by atoms with Crippen LogP contribution in [0.4, 0.5) is 5.69 Å². The molecule has 3 heterocycles. The van der Waals surface area contributed by atoms with Crippen LogP contribution in [0.25, 0.3) is 10.8 Å². The number of hydrogen-bond donors (Lipinski definition) is 2. The van der Waals surface area contributed by atoms with Gasteiger partial charge in [-0.25, -0.2) is 4.98 Å². The van der Waals surface area contributed by atoms with Crippen molar-refractivity contribution in [3.05, 3.63) is 47.7 Å². The molecule has 1 aliphatic heterocycles. The number of methoxy groups -OCH3 is 2. The van der Waals surface area contributed by atoms with Crippen molar-refractivity contribution >= 4 is 23.0 Å². The predicted octanol–water partition coefficient (Wildman–Crippen LogP) is 3.36. The van der Waals surface area contributed by atoms with E-state index >= 15 is 0 Å². The minimum Gasteiger partial charge on any atom is -0.497 e. The van der Waals surface area contributed by atoms with E-state index in [1.54, 1.807) is 38.9 Å². The number of aliphatic imine (C=N–C) groups is 1. The Labute approximate surface area is 185 Å². The molecule has 3 aromatic rings. The average molecular weight is 442 g/mol. The molecule has 164 valence electrons. The van der Waals surface area contributed by atoms with Gasteiger partial charge < -0.3 is 29.4 Å². The van der Waals surface area contributed by atoms with Gasteiger partial charge in [0.2, 0.25) is 5.89 Å². The summed E-state index contributed by atoms with van der Waals surface area (Å²) in [5.74, 6) is 2.97. The Morgan fingerprint density at radius 3 is 2.77 bits per heavy atom. The normalized spacial score (nSPS) is 16.4. The van der Waals surface area contributed by atoms with Crippen LogP contribution in [0.1, 0.15) is 12.1 Å². The molecule has 2 aromatic heterocycles. The van der Waals surface area contributed by atoms with Crippen molar-refractivity contribution in [1.82, 2.24) is 15.6 Å². The van der Waals surface area contributed by atoms with E-state index in [4.69, 9.17) is 13.9 Å². The lowest BCUT2D eigenvalue weighted by Gasteiger charge is -2.21. The highest BCUT2D eigenvalue weighted by Crippen LogP contribution is 2.30. The van der Waals surface area contributed by atoms with Crippen molar-refractivity contribution in [2.24, 2.45) is 4.99 Å². The van der Waals surface area contributed by atoms with Gasteiger partial charge in [-0.3, -0.25) is 4.99 Å². The van der Waals surface area contributed by atoms with Crippen LogP contribution in [0.5, 0.6) is 11.5 Å². The monoisotopic (exact) mass is 441 g/mol. The highest BCUT2D eigenvalue weighted by Gasteiger charge is 2.24. The topological polar surface area (TPSA) is 84.2 Å². The lowest BCUT2D eigenvalue weighted by atomic mass is 10.2. The zero-order chi connectivity index (χ0) is 21.6. The van der Waals surface area contributed by atoms with Gasteiger partial charge in [0.1, 0.15) is 17.8 Å². The Morgan fingerprint density at radius 2 is 2.10 bits per heavy atom. The average Bonchev–Trinajstić information content (AvgIpc) is 3.57. The summed E-state index contributed by atoms with van der Waals surface area (Å²) in [4.78, 5) is 12.2. The van der Waals surface area contributed by atoms with Gasteiger partial charge >= 0.3 is 0 Å². The van der Waals surface area contributed by atoms with Gasteiger partial charge in [0.05, 0.1) is 31.3 Å². The largest absolute Gasteiger partial charge is 0.497 e. The fourth-order valence-electron chi connectivity index (χ4n) is 3.55. The van der Waals surface area contributed by atoms with Gasteiger partial charge in [-0.1, -0.05) is 6.07 Å². The zero-order valence-corrected chi connectivity index (χ0v) is 18.7. The minimum absolute atomic E-state index is 0.280. The lowest BCUT2D eigenvalue weighted by Crippen LogP contribution is -2.44. The molecule has 0 aliphatic carbocycles. The van der Waals surface area contributed by atoms with Crippen molar-refractivity contribution < 1.29 is 13.9 Å². The van der Waals surface area contributed by atoms with E-state index in [2.05, 4.69) is 25.5 Å². The first-order valence-electron chi connectivity index (χ1n) is 10.1. The SMILES string of the molecule is CN=C(NCc1coc(-c2cccs2)n1)NC1CCN(c2cc(OC)cc(OC)c2)C1. The zero-order valence-electron chi connectivity index (χ0n) is 17.9. The van der Waals surface area contributed by atoms with Gasteiger partial charge in [0.15, 0.2) is 5.96 Å². The molecule has 0 saturated carbocycles. The first-order chi connectivity index (χ1) is 15.2. The van der Waals surface area contributed by atoms with E-state index in [1.807, 2.05) is 35.7 Å². The Hall–Kier alpha value is -3.20. The number of nitrogens with zero attached hydrogens (tertiary/aromatic N) is 3. The molecule has 0 amide bonds. The summed E-state index contributed by atoms with van der Waals surface area (Å²) in [5, 5.41) is 8.84. The molecular weight excluding hydrogens is 414 g/mol. The molecule has 0 spiro atoms. The molecule has 1 saturated heterocycles. The highest BCUT2D eigenvalue weighted by molar-refractivity contribution is 7.13. The maximum Gasteiger partial charge on any atom is 0.236 e. The number of oxazole rings is 1. The lowest BCUT2D eigenvalue weighted by molar-refractivity contribution is 0.394. The number of benzene rings is 1. The number of guanidine groups is 1. The third-order valence-corrected chi connectivity index (χ3v) is 6.03. The molecule has 1 unspecified atom stereocenters. The molecule has 31 heavy (non-hydrogen) atoms. The Morgan fingerprint density at radius 1 is 1.29 bits per heavy atom. The molecule has 0 bridgehead atoms. The van der Waals surface area contributed by atoms with Crippen molar-refractivity contribution in [1.29, 1.82) is 0 Å². The van der Waals surface area contributed by atoms with Crippen LogP contribution in [-0.2, 0) is 6.54 Å². The summed E-state index contributed by atoms with van der Waals surface area (Å²) < 4.78 is 16.4. The number of nitrogens with one attached hydrogen (secondary N) is 2. The Kier molecular flexibility index (Phi) is 6.61. The number of hydrogen-bond acceptors (Lipinski definition) is 7. The van der Waals surface area contributed by atoms with E-state index in [9.17, 15) is 0 Å². The summed E-state index contributed by atoms with van der Waals surface area (Å²) >= 11 is 1.61. The first kappa shape index (κ1) is 21.0. The summed E-state index contributed by atoms with van der Waals surface area (Å²) in [6.45, 7) is 2.35. The second-order valence-corrected chi connectivity index (χ2v) is 8.14. The van der Waals surface area contributed by atoms with Crippen LogP contribution in [-0.4, -0.2) is 51.3 Å². The van der Waals surface area contributed by atoms with Gasteiger partial charge in [-0.05, 0) is 17.9 Å². The molecule has 2 N–H and O–H groups in total. The van der Waals surface area contributed by atoms with Gasteiger partial charge in [-0.2, -0.15) is 0 Å². The van der Waals surface area contributed by atoms with Crippen molar-refractivity contribution in [2.45, 2.75) is 19.0 Å². The van der Waals surface area contributed by atoms with E-state index in [0.29, 0.717) is 12.4 Å². The number of ether oxygens (including phenoxy) is 2. The third-order valence-electron chi connectivity index (χ3n) is 5.17. The number of rotatable bonds is 7. The van der Waals surface area contributed by atoms with E-state index in [-0.39, 0.29) is 6.04 Å². The summed E-state index contributed by atoms with van der Waals surface area (Å²) in [7, 11) is 5.11. The summed E-state index contributed by atoms with van der Waals surface area (Å²) in [6, 6.07) is 10.2. The molecule has 0 radical (unpaired) electrons. The van der Waals surface area contributed by atoms with Crippen LogP contribution >= 0.6 is 11.3 Å². The predicted molar refractivity (Wildman–Crippen MR) is 123 cm³/mol.